The van der Waals surface area contributed by atoms with Crippen molar-refractivity contribution in [2.75, 3.05) is 6.54 Å². The van der Waals surface area contributed by atoms with E-state index in [-0.39, 0.29) is 18.1 Å². The lowest BCUT2D eigenvalue weighted by Crippen LogP contribution is -2.44. The van der Waals surface area contributed by atoms with Crippen molar-refractivity contribution in [3.05, 3.63) is 0 Å². The number of rotatable bonds is 9. The molecule has 2 bridgehead atoms. The minimum atomic E-state index is -0.901. The number of carboxylic acid groups (broad SMARTS) is 1. The summed E-state index contributed by atoms with van der Waals surface area (Å²) < 4.78 is 5.61. The summed E-state index contributed by atoms with van der Waals surface area (Å²) in [4.78, 5) is 23.6. The molecule has 2 rings (SSSR count). The van der Waals surface area contributed by atoms with Gasteiger partial charge in [-0.25, -0.2) is 0 Å². The molecule has 0 radical (unpaired) electrons. The highest BCUT2D eigenvalue weighted by atomic mass is 16.5. The van der Waals surface area contributed by atoms with Gasteiger partial charge < -0.3 is 15.2 Å². The summed E-state index contributed by atoms with van der Waals surface area (Å²) in [6, 6.07) is 0. The lowest BCUT2D eigenvalue weighted by Gasteiger charge is -2.23. The van der Waals surface area contributed by atoms with Crippen molar-refractivity contribution in [1.29, 1.82) is 0 Å². The van der Waals surface area contributed by atoms with Crippen LogP contribution in [0.25, 0.3) is 0 Å². The molecule has 1 amide bonds. The first kappa shape index (κ1) is 16.3. The van der Waals surface area contributed by atoms with E-state index in [1.807, 2.05) is 0 Å². The van der Waals surface area contributed by atoms with Crippen LogP contribution in [0.2, 0.25) is 0 Å². The maximum atomic E-state index is 12.2. The zero-order valence-corrected chi connectivity index (χ0v) is 12.8. The summed E-state index contributed by atoms with van der Waals surface area (Å²) in [6.45, 7) is 2.83. The van der Waals surface area contributed by atoms with Crippen molar-refractivity contribution in [1.82, 2.24) is 5.32 Å². The van der Waals surface area contributed by atoms with Gasteiger partial charge in [0.05, 0.1) is 24.0 Å². The summed E-state index contributed by atoms with van der Waals surface area (Å²) in [5.41, 5.74) is 0. The van der Waals surface area contributed by atoms with Gasteiger partial charge >= 0.3 is 5.97 Å². The van der Waals surface area contributed by atoms with Gasteiger partial charge in [-0.15, -0.1) is 0 Å². The molecule has 0 aromatic heterocycles. The van der Waals surface area contributed by atoms with Gasteiger partial charge in [0.15, 0.2) is 0 Å². The van der Waals surface area contributed by atoms with Crippen molar-refractivity contribution in [3.8, 4) is 0 Å². The molecule has 2 heterocycles. The molecule has 2 N–H and O–H groups in total. The molecule has 120 valence electrons. The number of nitrogens with one attached hydrogen (secondary N) is 1. The number of hydrogen-bond donors (Lipinski definition) is 2. The summed E-state index contributed by atoms with van der Waals surface area (Å²) >= 11 is 0. The lowest BCUT2D eigenvalue weighted by molar-refractivity contribution is -0.147. The molecule has 2 aliphatic heterocycles. The Bertz CT molecular complexity index is 371. The average molecular weight is 297 g/mol. The van der Waals surface area contributed by atoms with Crippen LogP contribution in [0.15, 0.2) is 0 Å². The second-order valence-corrected chi connectivity index (χ2v) is 6.24. The smallest absolute Gasteiger partial charge is 0.310 e. The summed E-state index contributed by atoms with van der Waals surface area (Å²) in [5.74, 6) is -2.19. The molecule has 2 unspecified atom stereocenters. The molecule has 2 fully saturated rings. The summed E-state index contributed by atoms with van der Waals surface area (Å²) in [7, 11) is 0. The molecule has 5 nitrogen and oxygen atoms in total. The first-order valence-electron chi connectivity index (χ1n) is 8.31. The molecule has 0 spiro atoms. The van der Waals surface area contributed by atoms with Gasteiger partial charge in [0, 0.05) is 6.54 Å². The van der Waals surface area contributed by atoms with E-state index in [2.05, 4.69) is 12.2 Å². The Hall–Kier alpha value is -1.10. The monoisotopic (exact) mass is 297 g/mol. The fraction of sp³-hybridized carbons (Fsp3) is 0.875. The Balaban J connectivity index is 1.69. The van der Waals surface area contributed by atoms with E-state index in [0.29, 0.717) is 6.54 Å². The minimum Gasteiger partial charge on any atom is -0.481 e. The number of fused-ring (bicyclic) bond motifs is 2. The minimum absolute atomic E-state index is 0.136. The number of carboxylic acids is 1. The molecule has 2 saturated heterocycles. The summed E-state index contributed by atoms with van der Waals surface area (Å²) in [6.07, 6.45) is 8.17. The number of ether oxygens (including phenoxy) is 1. The Morgan fingerprint density at radius 2 is 1.67 bits per heavy atom. The zero-order valence-electron chi connectivity index (χ0n) is 12.8. The van der Waals surface area contributed by atoms with Gasteiger partial charge in [0.2, 0.25) is 5.91 Å². The fourth-order valence-electron chi connectivity index (χ4n) is 3.56. The number of amides is 1. The Labute approximate surface area is 126 Å². The highest BCUT2D eigenvalue weighted by Crippen LogP contribution is 2.43. The molecular weight excluding hydrogens is 270 g/mol. The quantitative estimate of drug-likeness (QED) is 0.641. The van der Waals surface area contributed by atoms with Crippen LogP contribution < -0.4 is 5.32 Å². The predicted octanol–water partition coefficient (Wildman–Crippen LogP) is 2.34. The topological polar surface area (TPSA) is 75.6 Å². The second kappa shape index (κ2) is 7.78. The number of carbonyl (C=O) groups is 2. The Morgan fingerprint density at radius 3 is 2.33 bits per heavy atom. The van der Waals surface area contributed by atoms with Crippen LogP contribution in [0.4, 0.5) is 0 Å². The van der Waals surface area contributed by atoms with E-state index in [1.54, 1.807) is 0 Å². The molecule has 0 aromatic rings. The third-order valence-corrected chi connectivity index (χ3v) is 4.69. The third-order valence-electron chi connectivity index (χ3n) is 4.69. The normalized spacial score (nSPS) is 30.5. The Morgan fingerprint density at radius 1 is 1.05 bits per heavy atom. The van der Waals surface area contributed by atoms with Crippen molar-refractivity contribution >= 4 is 11.9 Å². The fourth-order valence-corrected chi connectivity index (χ4v) is 3.56. The van der Waals surface area contributed by atoms with Crippen LogP contribution in [-0.2, 0) is 14.3 Å². The first-order valence-corrected chi connectivity index (χ1v) is 8.31. The van der Waals surface area contributed by atoms with Crippen molar-refractivity contribution in [2.45, 2.75) is 70.5 Å². The molecular formula is C16H27NO4. The van der Waals surface area contributed by atoms with Crippen molar-refractivity contribution in [3.63, 3.8) is 0 Å². The maximum absolute atomic E-state index is 12.2. The van der Waals surface area contributed by atoms with E-state index < -0.39 is 17.8 Å². The molecule has 0 aliphatic carbocycles. The van der Waals surface area contributed by atoms with Crippen LogP contribution >= 0.6 is 0 Å². The highest BCUT2D eigenvalue weighted by molar-refractivity contribution is 5.86. The largest absolute Gasteiger partial charge is 0.481 e. The van der Waals surface area contributed by atoms with Crippen LogP contribution in [0.3, 0.4) is 0 Å². The number of carbonyl (C=O) groups excluding carboxylic acids is 1. The summed E-state index contributed by atoms with van der Waals surface area (Å²) in [5, 5.41) is 12.2. The van der Waals surface area contributed by atoms with Gasteiger partial charge in [-0.2, -0.15) is 0 Å². The second-order valence-electron chi connectivity index (χ2n) is 6.24. The van der Waals surface area contributed by atoms with Gasteiger partial charge in [0.25, 0.3) is 0 Å². The van der Waals surface area contributed by atoms with Gasteiger partial charge in [-0.3, -0.25) is 9.59 Å². The van der Waals surface area contributed by atoms with Crippen LogP contribution in [0, 0.1) is 11.8 Å². The first-order chi connectivity index (χ1) is 10.1. The van der Waals surface area contributed by atoms with E-state index >= 15 is 0 Å². The molecule has 0 aromatic carbocycles. The van der Waals surface area contributed by atoms with E-state index in [1.165, 1.54) is 25.7 Å². The van der Waals surface area contributed by atoms with Gasteiger partial charge in [-0.05, 0) is 19.3 Å². The van der Waals surface area contributed by atoms with E-state index in [0.717, 1.165) is 25.7 Å². The standard InChI is InChI=1S/C16H27NO4/c1-2-3-4-5-6-7-10-17-15(18)13-11-8-9-12(21-11)14(13)16(19)20/h11-14H,2-10H2,1H3,(H,17,18)(H,19,20)/t11-,12+,13?,14?/m1/s1. The molecule has 5 heteroatoms. The SMILES string of the molecule is CCCCCCCCNC(=O)C1C(C(=O)O)[C@@H]2CC[C@H]1O2. The average Bonchev–Trinajstić information content (AvgIpc) is 3.06. The third kappa shape index (κ3) is 3.96. The molecule has 21 heavy (non-hydrogen) atoms. The van der Waals surface area contributed by atoms with E-state index in [9.17, 15) is 14.7 Å². The van der Waals surface area contributed by atoms with E-state index in [4.69, 9.17) is 4.74 Å². The van der Waals surface area contributed by atoms with Crippen LogP contribution in [0.1, 0.15) is 58.3 Å². The number of unbranched alkanes of at least 4 members (excludes halogenated alkanes) is 5. The zero-order chi connectivity index (χ0) is 15.2. The van der Waals surface area contributed by atoms with Crippen LogP contribution in [-0.4, -0.2) is 35.7 Å². The lowest BCUT2D eigenvalue weighted by atomic mass is 9.78. The van der Waals surface area contributed by atoms with Gasteiger partial charge in [-0.1, -0.05) is 39.0 Å². The number of hydrogen-bond acceptors (Lipinski definition) is 3. The molecule has 4 atom stereocenters. The number of aliphatic carboxylic acids is 1. The van der Waals surface area contributed by atoms with Gasteiger partial charge in [0.1, 0.15) is 0 Å². The highest BCUT2D eigenvalue weighted by Gasteiger charge is 2.55. The molecule has 2 aliphatic rings. The molecule has 0 saturated carbocycles. The maximum Gasteiger partial charge on any atom is 0.310 e. The van der Waals surface area contributed by atoms with Crippen LogP contribution in [0.5, 0.6) is 0 Å². The predicted molar refractivity (Wildman–Crippen MR) is 78.9 cm³/mol. The van der Waals surface area contributed by atoms with Crippen molar-refractivity contribution in [2.24, 2.45) is 11.8 Å². The van der Waals surface area contributed by atoms with Crippen molar-refractivity contribution < 1.29 is 19.4 Å². The Kier molecular flexibility index (Phi) is 6.03.